The molecule has 0 amide bonds. The van der Waals surface area contributed by atoms with Crippen molar-refractivity contribution in [1.29, 1.82) is 0 Å². The molecule has 0 saturated carbocycles. The van der Waals surface area contributed by atoms with Gasteiger partial charge in [-0.05, 0) is 37.8 Å². The van der Waals surface area contributed by atoms with E-state index in [9.17, 15) is 0 Å². The Hall–Kier alpha value is -1.80. The topological polar surface area (TPSA) is 35.2 Å². The van der Waals surface area contributed by atoms with Crippen LogP contribution < -0.4 is 10.5 Å². The summed E-state index contributed by atoms with van der Waals surface area (Å²) in [6.45, 7) is 2.08. The quantitative estimate of drug-likeness (QED) is 0.863. The molecule has 1 unspecified atom stereocenters. The Kier molecular flexibility index (Phi) is 4.80. The molecule has 2 nitrogen and oxygen atoms in total. The Morgan fingerprint density at radius 2 is 1.65 bits per heavy atom. The van der Waals surface area contributed by atoms with Crippen molar-refractivity contribution in [2.45, 2.75) is 31.7 Å². The fraction of sp³-hybridized carbons (Fsp3) is 0.333. The summed E-state index contributed by atoms with van der Waals surface area (Å²) >= 11 is 0. The number of hydrogen-bond acceptors (Lipinski definition) is 2. The van der Waals surface area contributed by atoms with E-state index in [1.54, 1.807) is 7.11 Å². The van der Waals surface area contributed by atoms with Gasteiger partial charge in [-0.1, -0.05) is 48.5 Å². The van der Waals surface area contributed by atoms with Gasteiger partial charge in [-0.15, -0.1) is 0 Å². The van der Waals surface area contributed by atoms with Gasteiger partial charge in [0.05, 0.1) is 7.11 Å². The largest absolute Gasteiger partial charge is 0.496 e. The van der Waals surface area contributed by atoms with Gasteiger partial charge in [0.25, 0.3) is 0 Å². The first-order valence-electron chi connectivity index (χ1n) is 7.10. The molecule has 0 fully saturated rings. The van der Waals surface area contributed by atoms with Crippen molar-refractivity contribution in [2.75, 3.05) is 7.11 Å². The number of nitrogens with two attached hydrogens (primary N) is 1. The summed E-state index contributed by atoms with van der Waals surface area (Å²) in [7, 11) is 1.69. The van der Waals surface area contributed by atoms with Crippen molar-refractivity contribution in [3.05, 3.63) is 65.7 Å². The highest BCUT2D eigenvalue weighted by Gasteiger charge is 2.24. The molecule has 1 atom stereocenters. The van der Waals surface area contributed by atoms with Gasteiger partial charge in [-0.2, -0.15) is 0 Å². The SMILES string of the molecule is COc1ccccc1C(C)(N)CCCc1ccccc1. The highest BCUT2D eigenvalue weighted by molar-refractivity contribution is 5.38. The van der Waals surface area contributed by atoms with Gasteiger partial charge in [0.2, 0.25) is 0 Å². The van der Waals surface area contributed by atoms with Crippen molar-refractivity contribution in [1.82, 2.24) is 0 Å². The summed E-state index contributed by atoms with van der Waals surface area (Å²) in [5.41, 5.74) is 8.58. The molecule has 0 spiro atoms. The molecule has 2 aromatic rings. The second-order valence-electron chi connectivity index (χ2n) is 5.46. The predicted molar refractivity (Wildman–Crippen MR) is 83.9 cm³/mol. The van der Waals surface area contributed by atoms with E-state index in [0.29, 0.717) is 0 Å². The first kappa shape index (κ1) is 14.6. The number of hydrogen-bond donors (Lipinski definition) is 1. The lowest BCUT2D eigenvalue weighted by Crippen LogP contribution is -2.33. The summed E-state index contributed by atoms with van der Waals surface area (Å²) in [6.07, 6.45) is 3.06. The maximum Gasteiger partial charge on any atom is 0.123 e. The molecule has 106 valence electrons. The molecule has 2 heteroatoms. The van der Waals surface area contributed by atoms with Gasteiger partial charge in [-0.25, -0.2) is 0 Å². The van der Waals surface area contributed by atoms with E-state index in [-0.39, 0.29) is 5.54 Å². The van der Waals surface area contributed by atoms with E-state index in [0.717, 1.165) is 30.6 Å². The van der Waals surface area contributed by atoms with E-state index < -0.39 is 0 Å². The second-order valence-corrected chi connectivity index (χ2v) is 5.46. The second kappa shape index (κ2) is 6.58. The zero-order valence-electron chi connectivity index (χ0n) is 12.3. The zero-order chi connectivity index (χ0) is 14.4. The maximum absolute atomic E-state index is 6.50. The van der Waals surface area contributed by atoms with Gasteiger partial charge in [0.15, 0.2) is 0 Å². The summed E-state index contributed by atoms with van der Waals surface area (Å²) in [5, 5.41) is 0. The van der Waals surface area contributed by atoms with Crippen LogP contribution in [0.5, 0.6) is 5.75 Å². The average Bonchev–Trinajstić information content (AvgIpc) is 2.48. The number of methoxy groups -OCH3 is 1. The van der Waals surface area contributed by atoms with E-state index in [4.69, 9.17) is 10.5 Å². The van der Waals surface area contributed by atoms with Crippen LogP contribution >= 0.6 is 0 Å². The van der Waals surface area contributed by atoms with Gasteiger partial charge in [0, 0.05) is 11.1 Å². The van der Waals surface area contributed by atoms with Crippen molar-refractivity contribution < 1.29 is 4.74 Å². The van der Waals surface area contributed by atoms with Crippen LogP contribution in [0.4, 0.5) is 0 Å². The highest BCUT2D eigenvalue weighted by Crippen LogP contribution is 2.31. The van der Waals surface area contributed by atoms with Gasteiger partial charge >= 0.3 is 0 Å². The maximum atomic E-state index is 6.50. The third-order valence-electron chi connectivity index (χ3n) is 3.73. The minimum Gasteiger partial charge on any atom is -0.496 e. The fourth-order valence-electron chi connectivity index (χ4n) is 2.56. The molecule has 0 aliphatic heterocycles. The van der Waals surface area contributed by atoms with Crippen molar-refractivity contribution in [3.63, 3.8) is 0 Å². The third kappa shape index (κ3) is 3.61. The van der Waals surface area contributed by atoms with Crippen molar-refractivity contribution in [3.8, 4) is 5.75 Å². The minimum absolute atomic E-state index is 0.360. The van der Waals surface area contributed by atoms with Crippen LogP contribution in [0.15, 0.2) is 54.6 Å². The molecule has 2 rings (SSSR count). The van der Waals surface area contributed by atoms with Gasteiger partial charge in [-0.3, -0.25) is 0 Å². The van der Waals surface area contributed by atoms with E-state index in [1.807, 2.05) is 24.3 Å². The van der Waals surface area contributed by atoms with Crippen LogP contribution in [-0.2, 0) is 12.0 Å². The Balaban J connectivity index is 2.00. The number of ether oxygens (including phenoxy) is 1. The molecule has 0 aliphatic carbocycles. The molecule has 0 bridgehead atoms. The summed E-state index contributed by atoms with van der Waals surface area (Å²) in [5.74, 6) is 0.872. The standard InChI is InChI=1S/C18H23NO/c1-18(19,16-12-6-7-13-17(16)20-2)14-8-11-15-9-4-3-5-10-15/h3-7,9-10,12-13H,8,11,14,19H2,1-2H3. The number of benzene rings is 2. The Bertz CT molecular complexity index is 534. The van der Waals surface area contributed by atoms with E-state index in [2.05, 4.69) is 37.3 Å². The van der Waals surface area contributed by atoms with Crippen LogP contribution in [0.3, 0.4) is 0 Å². The number of rotatable bonds is 6. The first-order chi connectivity index (χ1) is 9.63. The lowest BCUT2D eigenvalue weighted by atomic mass is 9.86. The lowest BCUT2D eigenvalue weighted by Gasteiger charge is -2.27. The molecule has 2 N–H and O–H groups in total. The van der Waals surface area contributed by atoms with Crippen LogP contribution in [0, 0.1) is 0 Å². The molecular formula is C18H23NO. The first-order valence-corrected chi connectivity index (χ1v) is 7.10. The molecule has 0 aliphatic rings. The molecule has 0 saturated heterocycles. The summed E-state index contributed by atoms with van der Waals surface area (Å²) in [6, 6.07) is 18.6. The molecule has 2 aromatic carbocycles. The fourth-order valence-corrected chi connectivity index (χ4v) is 2.56. The van der Waals surface area contributed by atoms with Crippen LogP contribution in [0.1, 0.15) is 30.9 Å². The average molecular weight is 269 g/mol. The smallest absolute Gasteiger partial charge is 0.123 e. The lowest BCUT2D eigenvalue weighted by molar-refractivity contribution is 0.374. The van der Waals surface area contributed by atoms with Crippen molar-refractivity contribution >= 4 is 0 Å². The third-order valence-corrected chi connectivity index (χ3v) is 3.73. The molecular weight excluding hydrogens is 246 g/mol. The van der Waals surface area contributed by atoms with Crippen LogP contribution in [0.25, 0.3) is 0 Å². The molecule has 0 heterocycles. The summed E-state index contributed by atoms with van der Waals surface area (Å²) in [4.78, 5) is 0. The van der Waals surface area contributed by atoms with Crippen molar-refractivity contribution in [2.24, 2.45) is 5.73 Å². The normalized spacial score (nSPS) is 13.8. The summed E-state index contributed by atoms with van der Waals surface area (Å²) < 4.78 is 5.42. The number of para-hydroxylation sites is 1. The monoisotopic (exact) mass is 269 g/mol. The Morgan fingerprint density at radius 1 is 1.00 bits per heavy atom. The van der Waals surface area contributed by atoms with Crippen LogP contribution in [-0.4, -0.2) is 7.11 Å². The number of aryl methyl sites for hydroxylation is 1. The van der Waals surface area contributed by atoms with Gasteiger partial charge < -0.3 is 10.5 Å². The molecule has 0 aromatic heterocycles. The molecule has 20 heavy (non-hydrogen) atoms. The zero-order valence-corrected chi connectivity index (χ0v) is 12.3. The van der Waals surface area contributed by atoms with Gasteiger partial charge in [0.1, 0.15) is 5.75 Å². The predicted octanol–water partition coefficient (Wildman–Crippen LogP) is 3.89. The van der Waals surface area contributed by atoms with E-state index in [1.165, 1.54) is 5.56 Å². The Labute approximate surface area is 121 Å². The highest BCUT2D eigenvalue weighted by atomic mass is 16.5. The van der Waals surface area contributed by atoms with E-state index >= 15 is 0 Å². The molecule has 0 radical (unpaired) electrons. The Morgan fingerprint density at radius 3 is 2.35 bits per heavy atom. The van der Waals surface area contributed by atoms with Crippen LogP contribution in [0.2, 0.25) is 0 Å². The minimum atomic E-state index is -0.360.